The largest absolute Gasteiger partial charge is 0.446 e. The summed E-state index contributed by atoms with van der Waals surface area (Å²) < 4.78 is 10.4. The highest BCUT2D eigenvalue weighted by Gasteiger charge is 2.32. The molecule has 0 bridgehead atoms. The maximum absolute atomic E-state index is 13.2. The van der Waals surface area contributed by atoms with Gasteiger partial charge in [0.25, 0.3) is 5.91 Å². The molecule has 2 aliphatic heterocycles. The molecule has 3 fully saturated rings. The van der Waals surface area contributed by atoms with Crippen molar-refractivity contribution >= 4 is 40.7 Å². The lowest BCUT2D eigenvalue weighted by atomic mass is 10.0. The Hall–Kier alpha value is -5.29. The highest BCUT2D eigenvalue weighted by molar-refractivity contribution is 6.02. The minimum Gasteiger partial charge on any atom is -0.446 e. The Labute approximate surface area is 318 Å². The fourth-order valence-electron chi connectivity index (χ4n) is 8.02. The predicted octanol–water partition coefficient (Wildman–Crippen LogP) is 2.51. The van der Waals surface area contributed by atoms with Crippen LogP contribution in [0.5, 0.6) is 0 Å². The van der Waals surface area contributed by atoms with E-state index in [9.17, 15) is 24.0 Å². The van der Waals surface area contributed by atoms with E-state index in [1.165, 1.54) is 4.57 Å². The van der Waals surface area contributed by atoms with Crippen molar-refractivity contribution in [1.82, 2.24) is 49.5 Å². The van der Waals surface area contributed by atoms with Crippen molar-refractivity contribution in [3.8, 4) is 0 Å². The first kappa shape index (κ1) is 38.0. The number of aryl methyl sites for hydroxylation is 2. The van der Waals surface area contributed by atoms with Crippen LogP contribution in [0.3, 0.4) is 0 Å². The summed E-state index contributed by atoms with van der Waals surface area (Å²) >= 11 is 0. The number of hydrogen-bond acceptors (Lipinski definition) is 10. The number of anilines is 1. The number of nitrogens with zero attached hydrogens (tertiary/aromatic N) is 7. The minimum absolute atomic E-state index is 0.0204. The molecule has 4 amide bonds. The molecule has 7 rings (SSSR count). The third-order valence-corrected chi connectivity index (χ3v) is 11.0. The summed E-state index contributed by atoms with van der Waals surface area (Å²) in [7, 11) is 1.72. The number of aromatic amines is 1. The molecule has 1 saturated carbocycles. The first-order valence-electron chi connectivity index (χ1n) is 19.4. The summed E-state index contributed by atoms with van der Waals surface area (Å²) in [4.78, 5) is 67.3. The van der Waals surface area contributed by atoms with Crippen LogP contribution in [0.2, 0.25) is 0 Å². The van der Waals surface area contributed by atoms with Gasteiger partial charge in [-0.3, -0.25) is 43.5 Å². The van der Waals surface area contributed by atoms with Crippen LogP contribution < -0.4 is 21.6 Å². The van der Waals surface area contributed by atoms with Gasteiger partial charge in [0.05, 0.1) is 17.6 Å². The average Bonchev–Trinajstić information content (AvgIpc) is 3.96. The number of imidazole rings is 1. The van der Waals surface area contributed by atoms with Gasteiger partial charge in [0.15, 0.2) is 5.82 Å². The third-order valence-electron chi connectivity index (χ3n) is 11.0. The van der Waals surface area contributed by atoms with E-state index >= 15 is 0 Å². The highest BCUT2D eigenvalue weighted by atomic mass is 16.6. The van der Waals surface area contributed by atoms with Gasteiger partial charge in [0.1, 0.15) is 17.8 Å². The summed E-state index contributed by atoms with van der Waals surface area (Å²) in [5.74, 6) is -0.390. The van der Waals surface area contributed by atoms with Gasteiger partial charge in [-0.1, -0.05) is 6.07 Å². The first-order chi connectivity index (χ1) is 26.5. The number of H-pyrrole nitrogens is 1. The summed E-state index contributed by atoms with van der Waals surface area (Å²) in [5.41, 5.74) is 3.74. The Morgan fingerprint density at radius 3 is 2.51 bits per heavy atom. The summed E-state index contributed by atoms with van der Waals surface area (Å²) in [5, 5.41) is 19.8. The van der Waals surface area contributed by atoms with Gasteiger partial charge >= 0.3 is 11.8 Å². The van der Waals surface area contributed by atoms with Crippen molar-refractivity contribution in [3.63, 3.8) is 0 Å². The molecule has 1 unspecified atom stereocenters. The molecule has 1 aromatic carbocycles. The van der Waals surface area contributed by atoms with Crippen LogP contribution in [-0.4, -0.2) is 114 Å². The molecule has 2 saturated heterocycles. The van der Waals surface area contributed by atoms with E-state index in [2.05, 4.69) is 41.0 Å². The van der Waals surface area contributed by atoms with E-state index in [1.54, 1.807) is 28.6 Å². The Balaban J connectivity index is 0.834. The first-order valence-corrected chi connectivity index (χ1v) is 19.4. The Bertz CT molecular complexity index is 2090. The summed E-state index contributed by atoms with van der Waals surface area (Å²) in [6.45, 7) is 9.88. The van der Waals surface area contributed by atoms with Crippen LogP contribution >= 0.6 is 0 Å². The lowest BCUT2D eigenvalue weighted by molar-refractivity contribution is -0.135. The van der Waals surface area contributed by atoms with E-state index in [4.69, 9.17) is 4.74 Å². The Morgan fingerprint density at radius 1 is 0.964 bits per heavy atom. The molecule has 17 nitrogen and oxygen atoms in total. The molecule has 17 heteroatoms. The molecule has 4 aromatic rings. The molecule has 3 aromatic heterocycles. The molecule has 4 N–H and O–H groups in total. The molecule has 0 spiro atoms. The smallest absolute Gasteiger partial charge is 0.407 e. The fraction of sp³-hybridized carbons (Fsp3) is 0.553. The number of alkyl carbamates (subject to hydrolysis) is 1. The number of benzene rings is 1. The standard InChI is InChI=1S/C38H51N11O6/c1-24(2)40-37(53)55-27-8-7-26(22-27)28-23-33(44-43-28)41-35(51)30-12-13-39-48(30)20-19-47-17-15-46(16-18-47)14-4-5-25-6-9-29-32(21-25)45(3)38(54)49(29)31-10-11-34(50)42-36(31)52/h6,9,12-13,21,23-24,26-27,31H,4-5,7-8,10-11,14-20,22H2,1-3H3,(H,40,53)(H,42,50,52)(H2,41,43,44,51)/t26-,27+,31?/m0/s1. The van der Waals surface area contributed by atoms with Crippen molar-refractivity contribution in [3.05, 3.63) is 64.0 Å². The number of piperazine rings is 1. The molecule has 294 valence electrons. The molecule has 1 aliphatic carbocycles. The number of aromatic nitrogens is 6. The van der Waals surface area contributed by atoms with Crippen molar-refractivity contribution in [2.24, 2.45) is 7.05 Å². The summed E-state index contributed by atoms with van der Waals surface area (Å²) in [6.07, 6.45) is 5.82. The molecule has 55 heavy (non-hydrogen) atoms. The lowest BCUT2D eigenvalue weighted by Crippen LogP contribution is -2.47. The van der Waals surface area contributed by atoms with Gasteiger partial charge in [-0.05, 0) is 82.7 Å². The second-order valence-corrected chi connectivity index (χ2v) is 15.2. The average molecular weight is 758 g/mol. The molecule has 3 aliphatic rings. The summed E-state index contributed by atoms with van der Waals surface area (Å²) in [6, 6.07) is 8.87. The zero-order valence-electron chi connectivity index (χ0n) is 31.8. The lowest BCUT2D eigenvalue weighted by Gasteiger charge is -2.34. The maximum atomic E-state index is 13.2. The van der Waals surface area contributed by atoms with Gasteiger partial charge in [-0.2, -0.15) is 10.2 Å². The molecule has 0 radical (unpaired) electrons. The second-order valence-electron chi connectivity index (χ2n) is 15.2. The SMILES string of the molecule is CC(C)NC(=O)O[C@@H]1CC[C@H](c2cc(NC(=O)c3ccnn3CCN3CCN(CCCc4ccc5c(c4)n(C)c(=O)n5C4CCC(=O)NC4=O)CC3)n[nH]2)C1. The van der Waals surface area contributed by atoms with Crippen LogP contribution in [0, 0.1) is 0 Å². The zero-order valence-corrected chi connectivity index (χ0v) is 31.8. The number of fused-ring (bicyclic) bond motifs is 1. The number of nitrogens with one attached hydrogen (secondary N) is 4. The van der Waals surface area contributed by atoms with E-state index < -0.39 is 18.0 Å². The van der Waals surface area contributed by atoms with Crippen LogP contribution in [0.15, 0.2) is 41.3 Å². The molecular weight excluding hydrogens is 706 g/mol. The maximum Gasteiger partial charge on any atom is 0.407 e. The van der Waals surface area contributed by atoms with Gasteiger partial charge in [-0.15, -0.1) is 0 Å². The van der Waals surface area contributed by atoms with Crippen molar-refractivity contribution in [2.75, 3.05) is 44.6 Å². The topological polar surface area (TPSA) is 194 Å². The highest BCUT2D eigenvalue weighted by Crippen LogP contribution is 2.36. The van der Waals surface area contributed by atoms with Gasteiger partial charge < -0.3 is 20.3 Å². The predicted molar refractivity (Wildman–Crippen MR) is 204 cm³/mol. The number of amides is 4. The van der Waals surface area contributed by atoms with Crippen LogP contribution in [-0.2, 0) is 34.3 Å². The van der Waals surface area contributed by atoms with E-state index in [1.807, 2.05) is 38.1 Å². The van der Waals surface area contributed by atoms with Gasteiger partial charge in [-0.25, -0.2) is 9.59 Å². The van der Waals surface area contributed by atoms with Crippen molar-refractivity contribution in [2.45, 2.75) is 89.4 Å². The Morgan fingerprint density at radius 2 is 1.75 bits per heavy atom. The monoisotopic (exact) mass is 757 g/mol. The van der Waals surface area contributed by atoms with E-state index in [0.717, 1.165) is 81.7 Å². The minimum atomic E-state index is -0.688. The molecule has 5 heterocycles. The molecular formula is C38H51N11O6. The van der Waals surface area contributed by atoms with Gasteiger partial charge in [0, 0.05) is 76.1 Å². The second kappa shape index (κ2) is 16.6. The quantitative estimate of drug-likeness (QED) is 0.147. The third kappa shape index (κ3) is 8.83. The van der Waals surface area contributed by atoms with Crippen molar-refractivity contribution in [1.29, 1.82) is 0 Å². The number of rotatable bonds is 13. The van der Waals surface area contributed by atoms with Crippen molar-refractivity contribution < 1.29 is 23.9 Å². The normalized spacial score (nSPS) is 21.0. The molecule has 3 atom stereocenters. The number of piperidine rings is 1. The zero-order chi connectivity index (χ0) is 38.6. The number of hydrogen-bond donors (Lipinski definition) is 4. The van der Waals surface area contributed by atoms with Crippen LogP contribution in [0.1, 0.15) is 86.1 Å². The fourth-order valence-corrected chi connectivity index (χ4v) is 8.02. The number of ether oxygens (including phenoxy) is 1. The number of imide groups is 1. The Kier molecular flexibility index (Phi) is 11.5. The number of carbonyl (C=O) groups excluding carboxylic acids is 4. The van der Waals surface area contributed by atoms with E-state index in [0.29, 0.717) is 36.4 Å². The number of carbonyl (C=O) groups is 4. The van der Waals surface area contributed by atoms with Crippen LogP contribution in [0.25, 0.3) is 11.0 Å². The van der Waals surface area contributed by atoms with Gasteiger partial charge in [0.2, 0.25) is 11.8 Å². The van der Waals surface area contributed by atoms with E-state index in [-0.39, 0.29) is 42.0 Å². The van der Waals surface area contributed by atoms with Crippen LogP contribution in [0.4, 0.5) is 10.6 Å².